The summed E-state index contributed by atoms with van der Waals surface area (Å²) in [4.78, 5) is 0. The van der Waals surface area contributed by atoms with Gasteiger partial charge in [-0.15, -0.1) is 0 Å². The second kappa shape index (κ2) is 7.84. The summed E-state index contributed by atoms with van der Waals surface area (Å²) in [6.45, 7) is 0.975. The summed E-state index contributed by atoms with van der Waals surface area (Å²) in [5, 5.41) is 1.20. The smallest absolute Gasteiger partial charge is 0.148 e. The van der Waals surface area contributed by atoms with Gasteiger partial charge in [-0.2, -0.15) is 0 Å². The van der Waals surface area contributed by atoms with E-state index in [4.69, 9.17) is 33.7 Å². The van der Waals surface area contributed by atoms with E-state index in [-0.39, 0.29) is 0 Å². The van der Waals surface area contributed by atoms with Crippen molar-refractivity contribution in [3.63, 3.8) is 0 Å². The van der Waals surface area contributed by atoms with Gasteiger partial charge >= 0.3 is 0 Å². The quantitative estimate of drug-likeness (QED) is 0.639. The molecule has 0 saturated carbocycles. The second-order valence-corrected chi connectivity index (χ2v) is 7.00. The van der Waals surface area contributed by atoms with Crippen LogP contribution < -0.4 is 10.5 Å². The van der Waals surface area contributed by atoms with Crippen LogP contribution in [0.3, 0.4) is 0 Å². The fourth-order valence-electron chi connectivity index (χ4n) is 1.85. The first kappa shape index (κ1) is 17.1. The lowest BCUT2D eigenvalue weighted by Gasteiger charge is -2.13. The molecule has 0 aliphatic carbocycles. The molecule has 6 heteroatoms. The van der Waals surface area contributed by atoms with Crippen molar-refractivity contribution in [2.45, 2.75) is 13.0 Å². The van der Waals surface area contributed by atoms with E-state index in [2.05, 4.69) is 31.9 Å². The number of ether oxygens (including phenoxy) is 1. The molecule has 0 saturated heterocycles. The largest absolute Gasteiger partial charge is 0.486 e. The molecule has 0 radical (unpaired) electrons. The Morgan fingerprint density at radius 2 is 1.71 bits per heavy atom. The second-order valence-electron chi connectivity index (χ2n) is 4.45. The zero-order valence-corrected chi connectivity index (χ0v) is 15.7. The third kappa shape index (κ3) is 4.60. The van der Waals surface area contributed by atoms with Gasteiger partial charge in [0, 0.05) is 15.6 Å². The SMILES string of the molecule is NCCc1cc(Br)c(OCc2ccc(Cl)cc2Cl)c(Br)c1. The molecule has 0 unspecified atom stereocenters. The first-order valence-corrected chi connectivity index (χ1v) is 8.60. The predicted octanol–water partition coefficient (Wildman–Crippen LogP) is 5.60. The zero-order valence-electron chi connectivity index (χ0n) is 11.0. The van der Waals surface area contributed by atoms with Gasteiger partial charge in [0.1, 0.15) is 12.4 Å². The van der Waals surface area contributed by atoms with Gasteiger partial charge in [0.2, 0.25) is 0 Å². The lowest BCUT2D eigenvalue weighted by atomic mass is 10.1. The number of halogens is 4. The predicted molar refractivity (Wildman–Crippen MR) is 95.4 cm³/mol. The fraction of sp³-hybridized carbons (Fsp3) is 0.200. The molecular weight excluding hydrogens is 441 g/mol. The molecule has 0 bridgehead atoms. The van der Waals surface area contributed by atoms with Gasteiger partial charge in [-0.3, -0.25) is 0 Å². The van der Waals surface area contributed by atoms with E-state index in [0.29, 0.717) is 23.2 Å². The third-order valence-electron chi connectivity index (χ3n) is 2.88. The monoisotopic (exact) mass is 451 g/mol. The molecule has 0 atom stereocenters. The van der Waals surface area contributed by atoms with Crippen LogP contribution in [0.5, 0.6) is 5.75 Å². The Morgan fingerprint density at radius 3 is 2.29 bits per heavy atom. The molecule has 0 spiro atoms. The molecule has 2 N–H and O–H groups in total. The molecule has 0 amide bonds. The van der Waals surface area contributed by atoms with Crippen molar-refractivity contribution in [2.75, 3.05) is 6.54 Å². The molecule has 2 nitrogen and oxygen atoms in total. The highest BCUT2D eigenvalue weighted by Gasteiger charge is 2.10. The van der Waals surface area contributed by atoms with Crippen LogP contribution >= 0.6 is 55.1 Å². The number of nitrogens with two attached hydrogens (primary N) is 1. The average Bonchev–Trinajstić information content (AvgIpc) is 2.40. The van der Waals surface area contributed by atoms with Gasteiger partial charge in [0.25, 0.3) is 0 Å². The lowest BCUT2D eigenvalue weighted by molar-refractivity contribution is 0.302. The van der Waals surface area contributed by atoms with Crippen LogP contribution in [0, 0.1) is 0 Å². The van der Waals surface area contributed by atoms with Crippen molar-refractivity contribution < 1.29 is 4.74 Å². The summed E-state index contributed by atoms with van der Waals surface area (Å²) < 4.78 is 7.61. The van der Waals surface area contributed by atoms with Gasteiger partial charge in [-0.1, -0.05) is 29.3 Å². The molecule has 0 fully saturated rings. The van der Waals surface area contributed by atoms with Crippen LogP contribution in [-0.4, -0.2) is 6.54 Å². The molecule has 0 aliphatic rings. The van der Waals surface area contributed by atoms with Gasteiger partial charge in [0.05, 0.1) is 8.95 Å². The Kier molecular flexibility index (Phi) is 6.38. The van der Waals surface area contributed by atoms with E-state index in [1.165, 1.54) is 0 Å². The Hall–Kier alpha value is -0.260. The van der Waals surface area contributed by atoms with Crippen molar-refractivity contribution in [3.05, 3.63) is 60.4 Å². The highest BCUT2D eigenvalue weighted by Crippen LogP contribution is 2.36. The lowest BCUT2D eigenvalue weighted by Crippen LogP contribution is -2.03. The maximum atomic E-state index is 6.14. The molecule has 112 valence electrons. The van der Waals surface area contributed by atoms with E-state index in [0.717, 1.165) is 32.2 Å². The maximum absolute atomic E-state index is 6.14. The summed E-state index contributed by atoms with van der Waals surface area (Å²) in [6.07, 6.45) is 0.820. The normalized spacial score (nSPS) is 10.7. The van der Waals surface area contributed by atoms with Gasteiger partial charge < -0.3 is 10.5 Å². The van der Waals surface area contributed by atoms with E-state index < -0.39 is 0 Å². The van der Waals surface area contributed by atoms with Crippen LogP contribution in [0.15, 0.2) is 39.3 Å². The summed E-state index contributed by atoms with van der Waals surface area (Å²) in [7, 11) is 0. The number of rotatable bonds is 5. The average molecular weight is 454 g/mol. The number of benzene rings is 2. The van der Waals surface area contributed by atoms with Gasteiger partial charge in [-0.05, 0) is 74.7 Å². The van der Waals surface area contributed by atoms with Crippen LogP contribution in [0.25, 0.3) is 0 Å². The van der Waals surface area contributed by atoms with Crippen LogP contribution in [-0.2, 0) is 13.0 Å². The van der Waals surface area contributed by atoms with Crippen molar-refractivity contribution in [2.24, 2.45) is 5.73 Å². The first-order valence-electron chi connectivity index (χ1n) is 6.26. The molecule has 2 aromatic carbocycles. The van der Waals surface area contributed by atoms with Crippen LogP contribution in [0.4, 0.5) is 0 Å². The molecular formula is C15H13Br2Cl2NO. The Morgan fingerprint density at radius 1 is 1.05 bits per heavy atom. The van der Waals surface area contributed by atoms with Crippen molar-refractivity contribution in [3.8, 4) is 5.75 Å². The number of hydrogen-bond donors (Lipinski definition) is 1. The highest BCUT2D eigenvalue weighted by molar-refractivity contribution is 9.11. The Labute approximate surface area is 150 Å². The molecule has 2 aromatic rings. The molecule has 0 aromatic heterocycles. The van der Waals surface area contributed by atoms with Crippen LogP contribution in [0.1, 0.15) is 11.1 Å². The standard InChI is InChI=1S/C15H13Br2Cl2NO/c16-12-5-9(3-4-20)6-13(17)15(12)21-8-10-1-2-11(18)7-14(10)19/h1-2,5-7H,3-4,8,20H2. The minimum atomic E-state index is 0.365. The van der Waals surface area contributed by atoms with E-state index in [1.807, 2.05) is 18.2 Å². The van der Waals surface area contributed by atoms with E-state index >= 15 is 0 Å². The molecule has 0 aliphatic heterocycles. The third-order valence-corrected chi connectivity index (χ3v) is 4.64. The minimum absolute atomic E-state index is 0.365. The fourth-order valence-corrected chi connectivity index (χ4v) is 3.82. The first-order chi connectivity index (χ1) is 10.0. The summed E-state index contributed by atoms with van der Waals surface area (Å²) in [6, 6.07) is 9.37. The van der Waals surface area contributed by atoms with Crippen molar-refractivity contribution in [1.29, 1.82) is 0 Å². The zero-order chi connectivity index (χ0) is 15.4. The maximum Gasteiger partial charge on any atom is 0.148 e. The van der Waals surface area contributed by atoms with Crippen molar-refractivity contribution in [1.82, 2.24) is 0 Å². The molecule has 0 heterocycles. The highest BCUT2D eigenvalue weighted by atomic mass is 79.9. The number of hydrogen-bond acceptors (Lipinski definition) is 2. The summed E-state index contributed by atoms with van der Waals surface area (Å²) >= 11 is 19.1. The van der Waals surface area contributed by atoms with Crippen molar-refractivity contribution >= 4 is 55.1 Å². The topological polar surface area (TPSA) is 35.2 Å². The summed E-state index contributed by atoms with van der Waals surface area (Å²) in [5.74, 6) is 0.738. The Balaban J connectivity index is 2.16. The minimum Gasteiger partial charge on any atom is -0.486 e. The van der Waals surface area contributed by atoms with Crippen LogP contribution in [0.2, 0.25) is 10.0 Å². The molecule has 2 rings (SSSR count). The summed E-state index contributed by atoms with van der Waals surface area (Å²) in [5.41, 5.74) is 7.60. The molecule has 21 heavy (non-hydrogen) atoms. The Bertz CT molecular complexity index is 627. The van der Waals surface area contributed by atoms with Gasteiger partial charge in [0.15, 0.2) is 0 Å². The van der Waals surface area contributed by atoms with Gasteiger partial charge in [-0.25, -0.2) is 0 Å². The van der Waals surface area contributed by atoms with E-state index in [9.17, 15) is 0 Å². The van der Waals surface area contributed by atoms with E-state index in [1.54, 1.807) is 12.1 Å².